The SMILES string of the molecule is CCCCCCCC(=O)Nc1cccc(C(=O)Nc2cccc(Cl)c2)c1. The molecular formula is C21H25ClN2O2. The highest BCUT2D eigenvalue weighted by Gasteiger charge is 2.09. The Morgan fingerprint density at radius 3 is 2.31 bits per heavy atom. The van der Waals surface area contributed by atoms with Crippen LogP contribution in [0.1, 0.15) is 55.8 Å². The maximum absolute atomic E-state index is 12.4. The first-order valence-corrected chi connectivity index (χ1v) is 9.43. The first kappa shape index (κ1) is 20.0. The lowest BCUT2D eigenvalue weighted by Crippen LogP contribution is -2.14. The molecule has 138 valence electrons. The summed E-state index contributed by atoms with van der Waals surface area (Å²) in [5, 5.41) is 6.22. The molecule has 2 rings (SSSR count). The fraction of sp³-hybridized carbons (Fsp3) is 0.333. The Labute approximate surface area is 159 Å². The molecule has 4 nitrogen and oxygen atoms in total. The molecule has 2 aromatic carbocycles. The zero-order chi connectivity index (χ0) is 18.8. The fourth-order valence-electron chi connectivity index (χ4n) is 2.62. The molecule has 0 radical (unpaired) electrons. The van der Waals surface area contributed by atoms with Gasteiger partial charge in [0.25, 0.3) is 5.91 Å². The van der Waals surface area contributed by atoms with E-state index >= 15 is 0 Å². The monoisotopic (exact) mass is 372 g/mol. The molecule has 0 bridgehead atoms. The van der Waals surface area contributed by atoms with Gasteiger partial charge in [-0.1, -0.05) is 56.3 Å². The van der Waals surface area contributed by atoms with Crippen LogP contribution in [-0.2, 0) is 4.79 Å². The third-order valence-electron chi connectivity index (χ3n) is 4.00. The van der Waals surface area contributed by atoms with E-state index in [1.54, 1.807) is 48.5 Å². The molecule has 0 fully saturated rings. The molecule has 26 heavy (non-hydrogen) atoms. The molecule has 0 saturated carbocycles. The van der Waals surface area contributed by atoms with Crippen molar-refractivity contribution in [2.75, 3.05) is 10.6 Å². The normalized spacial score (nSPS) is 10.4. The third-order valence-corrected chi connectivity index (χ3v) is 4.23. The van der Waals surface area contributed by atoms with Gasteiger partial charge in [0.2, 0.25) is 5.91 Å². The molecule has 0 heterocycles. The number of anilines is 2. The van der Waals surface area contributed by atoms with Crippen LogP contribution < -0.4 is 10.6 Å². The number of benzene rings is 2. The van der Waals surface area contributed by atoms with Gasteiger partial charge in [-0.25, -0.2) is 0 Å². The Kier molecular flexibility index (Phi) is 8.16. The second-order valence-corrected chi connectivity index (χ2v) is 6.69. The van der Waals surface area contributed by atoms with Gasteiger partial charge in [-0.2, -0.15) is 0 Å². The highest BCUT2D eigenvalue weighted by molar-refractivity contribution is 6.31. The van der Waals surface area contributed by atoms with Gasteiger partial charge in [0.1, 0.15) is 0 Å². The smallest absolute Gasteiger partial charge is 0.255 e. The van der Waals surface area contributed by atoms with Crippen molar-refractivity contribution in [3.05, 3.63) is 59.1 Å². The van der Waals surface area contributed by atoms with Gasteiger partial charge < -0.3 is 10.6 Å². The van der Waals surface area contributed by atoms with E-state index in [0.717, 1.165) is 12.8 Å². The zero-order valence-corrected chi connectivity index (χ0v) is 15.8. The number of hydrogen-bond acceptors (Lipinski definition) is 2. The van der Waals surface area contributed by atoms with Gasteiger partial charge in [0, 0.05) is 28.4 Å². The number of halogens is 1. The van der Waals surface area contributed by atoms with Gasteiger partial charge in [0.05, 0.1) is 0 Å². The fourth-order valence-corrected chi connectivity index (χ4v) is 2.81. The molecule has 0 atom stereocenters. The van der Waals surface area contributed by atoms with Crippen molar-refractivity contribution in [3.8, 4) is 0 Å². The lowest BCUT2D eigenvalue weighted by Gasteiger charge is -2.09. The van der Waals surface area contributed by atoms with E-state index in [0.29, 0.717) is 28.4 Å². The van der Waals surface area contributed by atoms with Crippen LogP contribution in [0.4, 0.5) is 11.4 Å². The molecule has 0 aromatic heterocycles. The largest absolute Gasteiger partial charge is 0.326 e. The number of carbonyl (C=O) groups excluding carboxylic acids is 2. The quantitative estimate of drug-likeness (QED) is 0.539. The molecule has 2 N–H and O–H groups in total. The van der Waals surface area contributed by atoms with Gasteiger partial charge in [0.15, 0.2) is 0 Å². The minimum Gasteiger partial charge on any atom is -0.326 e. The van der Waals surface area contributed by atoms with Crippen LogP contribution >= 0.6 is 11.6 Å². The molecule has 2 aromatic rings. The Morgan fingerprint density at radius 2 is 1.58 bits per heavy atom. The summed E-state index contributed by atoms with van der Waals surface area (Å²) in [4.78, 5) is 24.4. The summed E-state index contributed by atoms with van der Waals surface area (Å²) < 4.78 is 0. The third kappa shape index (κ3) is 6.89. The van der Waals surface area contributed by atoms with Crippen molar-refractivity contribution >= 4 is 34.8 Å². The summed E-state index contributed by atoms with van der Waals surface area (Å²) in [5.74, 6) is -0.267. The molecule has 0 spiro atoms. The standard InChI is InChI=1S/C21H25ClN2O2/c1-2-3-4-5-6-13-20(25)23-18-11-7-9-16(14-18)21(26)24-19-12-8-10-17(22)15-19/h7-12,14-15H,2-6,13H2,1H3,(H,23,25)(H,24,26). The molecule has 5 heteroatoms. The van der Waals surface area contributed by atoms with Crippen molar-refractivity contribution in [2.45, 2.75) is 45.4 Å². The van der Waals surface area contributed by atoms with Crippen molar-refractivity contribution in [1.82, 2.24) is 0 Å². The first-order chi connectivity index (χ1) is 12.6. The topological polar surface area (TPSA) is 58.2 Å². The Hall–Kier alpha value is -2.33. The van der Waals surface area contributed by atoms with E-state index in [2.05, 4.69) is 17.6 Å². The highest BCUT2D eigenvalue weighted by atomic mass is 35.5. The summed E-state index contributed by atoms with van der Waals surface area (Å²) in [5.41, 5.74) is 1.73. The molecule has 0 aliphatic rings. The average Bonchev–Trinajstić information content (AvgIpc) is 2.62. The van der Waals surface area contributed by atoms with E-state index in [-0.39, 0.29) is 11.8 Å². The van der Waals surface area contributed by atoms with Crippen LogP contribution in [0.15, 0.2) is 48.5 Å². The predicted octanol–water partition coefficient (Wildman–Crippen LogP) is 5.89. The van der Waals surface area contributed by atoms with Gasteiger partial charge in [-0.15, -0.1) is 0 Å². The minimum atomic E-state index is -0.247. The second-order valence-electron chi connectivity index (χ2n) is 6.26. The second kappa shape index (κ2) is 10.6. The Bertz CT molecular complexity index is 746. The number of unbranched alkanes of at least 4 members (excludes halogenated alkanes) is 4. The van der Waals surface area contributed by atoms with Gasteiger partial charge in [-0.05, 0) is 42.8 Å². The first-order valence-electron chi connectivity index (χ1n) is 9.05. The van der Waals surface area contributed by atoms with Crippen LogP contribution in [-0.4, -0.2) is 11.8 Å². The predicted molar refractivity (Wildman–Crippen MR) is 108 cm³/mol. The highest BCUT2D eigenvalue weighted by Crippen LogP contribution is 2.17. The average molecular weight is 373 g/mol. The molecule has 0 unspecified atom stereocenters. The summed E-state index contributed by atoms with van der Waals surface area (Å²) in [6.07, 6.45) is 6.04. The van der Waals surface area contributed by atoms with Gasteiger partial charge in [-0.3, -0.25) is 9.59 Å². The maximum Gasteiger partial charge on any atom is 0.255 e. The van der Waals surface area contributed by atoms with Crippen molar-refractivity contribution in [1.29, 1.82) is 0 Å². The van der Waals surface area contributed by atoms with Crippen LogP contribution in [0.3, 0.4) is 0 Å². The molecule has 2 amide bonds. The summed E-state index contributed by atoms with van der Waals surface area (Å²) >= 11 is 5.93. The minimum absolute atomic E-state index is 0.0195. The number of hydrogen-bond donors (Lipinski definition) is 2. The Balaban J connectivity index is 1.88. The molecule has 0 aliphatic heterocycles. The molecule has 0 saturated heterocycles. The van der Waals surface area contributed by atoms with Crippen molar-refractivity contribution in [2.24, 2.45) is 0 Å². The number of carbonyl (C=O) groups is 2. The summed E-state index contributed by atoms with van der Waals surface area (Å²) in [6.45, 7) is 2.17. The van der Waals surface area contributed by atoms with E-state index < -0.39 is 0 Å². The van der Waals surface area contributed by atoms with Gasteiger partial charge >= 0.3 is 0 Å². The van der Waals surface area contributed by atoms with E-state index in [1.807, 2.05) is 0 Å². The van der Waals surface area contributed by atoms with E-state index in [1.165, 1.54) is 19.3 Å². The maximum atomic E-state index is 12.4. The zero-order valence-electron chi connectivity index (χ0n) is 15.1. The van der Waals surface area contributed by atoms with Crippen LogP contribution in [0.5, 0.6) is 0 Å². The van der Waals surface area contributed by atoms with E-state index in [4.69, 9.17) is 11.6 Å². The van der Waals surface area contributed by atoms with Crippen LogP contribution in [0, 0.1) is 0 Å². The molecular weight excluding hydrogens is 348 g/mol. The lowest BCUT2D eigenvalue weighted by atomic mass is 10.1. The number of nitrogens with one attached hydrogen (secondary N) is 2. The van der Waals surface area contributed by atoms with Crippen LogP contribution in [0.25, 0.3) is 0 Å². The summed E-state index contributed by atoms with van der Waals surface area (Å²) in [6, 6.07) is 13.9. The van der Waals surface area contributed by atoms with E-state index in [9.17, 15) is 9.59 Å². The number of amides is 2. The lowest BCUT2D eigenvalue weighted by molar-refractivity contribution is -0.116. The van der Waals surface area contributed by atoms with Crippen LogP contribution in [0.2, 0.25) is 5.02 Å². The van der Waals surface area contributed by atoms with Crippen molar-refractivity contribution < 1.29 is 9.59 Å². The summed E-state index contributed by atoms with van der Waals surface area (Å²) in [7, 11) is 0. The van der Waals surface area contributed by atoms with Crippen molar-refractivity contribution in [3.63, 3.8) is 0 Å². The number of rotatable bonds is 9. The Morgan fingerprint density at radius 1 is 0.885 bits per heavy atom. The molecule has 0 aliphatic carbocycles.